The van der Waals surface area contributed by atoms with Crippen LogP contribution >= 0.6 is 15.9 Å². The maximum atomic E-state index is 11.2. The number of nitrogens with zero attached hydrogens (tertiary/aromatic N) is 3. The third kappa shape index (κ3) is 4.66. The first-order valence-electron chi connectivity index (χ1n) is 6.23. The lowest BCUT2D eigenvalue weighted by Gasteiger charge is -2.25. The number of nitrogens with two attached hydrogens (primary N) is 1. The second-order valence-electron chi connectivity index (χ2n) is 4.63. The van der Waals surface area contributed by atoms with Gasteiger partial charge in [-0.2, -0.15) is 0 Å². The number of carbonyl (C=O) groups excluding carboxylic acids is 1. The van der Waals surface area contributed by atoms with Crippen molar-refractivity contribution in [1.29, 1.82) is 0 Å². The van der Waals surface area contributed by atoms with E-state index in [1.54, 1.807) is 0 Å². The van der Waals surface area contributed by atoms with E-state index in [2.05, 4.69) is 45.1 Å². The van der Waals surface area contributed by atoms with Crippen LogP contribution in [0.4, 0.5) is 11.6 Å². The van der Waals surface area contributed by atoms with E-state index in [0.29, 0.717) is 24.1 Å². The molecule has 0 atom stereocenters. The maximum absolute atomic E-state index is 11.2. The first-order chi connectivity index (χ1) is 8.95. The standard InChI is InChI=1S/C12H20BrN5O/c1-4-15-11-10(13)12(17-7-16-11)18(5-8(2)3)6-9(14)19/h7-8H,4-6H2,1-3H3,(H2,14,19)(H,15,16,17). The van der Waals surface area contributed by atoms with Gasteiger partial charge in [0.05, 0.1) is 6.54 Å². The molecular weight excluding hydrogens is 310 g/mol. The van der Waals surface area contributed by atoms with Gasteiger partial charge in [-0.25, -0.2) is 9.97 Å². The van der Waals surface area contributed by atoms with Crippen LogP contribution in [-0.4, -0.2) is 35.5 Å². The summed E-state index contributed by atoms with van der Waals surface area (Å²) in [5.74, 6) is 1.41. The Morgan fingerprint density at radius 3 is 2.74 bits per heavy atom. The molecule has 0 saturated carbocycles. The molecule has 1 heterocycles. The van der Waals surface area contributed by atoms with Gasteiger partial charge in [0.15, 0.2) is 0 Å². The molecule has 106 valence electrons. The van der Waals surface area contributed by atoms with Crippen molar-refractivity contribution in [3.63, 3.8) is 0 Å². The number of anilines is 2. The molecule has 0 unspecified atom stereocenters. The van der Waals surface area contributed by atoms with Gasteiger partial charge >= 0.3 is 0 Å². The van der Waals surface area contributed by atoms with Crippen molar-refractivity contribution >= 4 is 33.5 Å². The Morgan fingerprint density at radius 1 is 1.53 bits per heavy atom. The fraction of sp³-hybridized carbons (Fsp3) is 0.583. The van der Waals surface area contributed by atoms with Crippen molar-refractivity contribution in [3.05, 3.63) is 10.8 Å². The normalized spacial score (nSPS) is 10.6. The molecule has 3 N–H and O–H groups in total. The molecule has 0 fully saturated rings. The third-order valence-electron chi connectivity index (χ3n) is 2.35. The van der Waals surface area contributed by atoms with Crippen molar-refractivity contribution in [1.82, 2.24) is 9.97 Å². The zero-order valence-corrected chi connectivity index (χ0v) is 13.1. The summed E-state index contributed by atoms with van der Waals surface area (Å²) in [5, 5.41) is 3.14. The van der Waals surface area contributed by atoms with Gasteiger partial charge in [0.1, 0.15) is 22.4 Å². The highest BCUT2D eigenvalue weighted by molar-refractivity contribution is 9.10. The number of hydrogen-bond acceptors (Lipinski definition) is 5. The Balaban J connectivity index is 3.06. The molecule has 19 heavy (non-hydrogen) atoms. The van der Waals surface area contributed by atoms with Gasteiger partial charge in [-0.05, 0) is 28.8 Å². The minimum Gasteiger partial charge on any atom is -0.369 e. The lowest BCUT2D eigenvalue weighted by Crippen LogP contribution is -2.37. The summed E-state index contributed by atoms with van der Waals surface area (Å²) < 4.78 is 0.749. The molecule has 0 aliphatic heterocycles. The fourth-order valence-corrected chi connectivity index (χ4v) is 2.32. The minimum atomic E-state index is -0.379. The molecule has 1 rings (SSSR count). The molecular formula is C12H20BrN5O. The van der Waals surface area contributed by atoms with Crippen LogP contribution in [0.1, 0.15) is 20.8 Å². The average molecular weight is 330 g/mol. The van der Waals surface area contributed by atoms with E-state index in [4.69, 9.17) is 5.73 Å². The van der Waals surface area contributed by atoms with E-state index in [1.165, 1.54) is 6.33 Å². The number of aromatic nitrogens is 2. The van der Waals surface area contributed by atoms with Gasteiger partial charge in [-0.15, -0.1) is 0 Å². The van der Waals surface area contributed by atoms with Crippen LogP contribution in [0.5, 0.6) is 0 Å². The molecule has 1 amide bonds. The van der Waals surface area contributed by atoms with E-state index in [9.17, 15) is 4.79 Å². The number of carbonyl (C=O) groups is 1. The van der Waals surface area contributed by atoms with E-state index < -0.39 is 0 Å². The van der Waals surface area contributed by atoms with E-state index in [1.807, 2.05) is 11.8 Å². The molecule has 0 bridgehead atoms. The highest BCUT2D eigenvalue weighted by Crippen LogP contribution is 2.29. The summed E-state index contributed by atoms with van der Waals surface area (Å²) in [4.78, 5) is 21.5. The highest BCUT2D eigenvalue weighted by Gasteiger charge is 2.18. The van der Waals surface area contributed by atoms with Crippen LogP contribution in [0, 0.1) is 5.92 Å². The minimum absolute atomic E-state index is 0.138. The zero-order chi connectivity index (χ0) is 14.4. The highest BCUT2D eigenvalue weighted by atomic mass is 79.9. The SMILES string of the molecule is CCNc1ncnc(N(CC(N)=O)CC(C)C)c1Br. The zero-order valence-electron chi connectivity index (χ0n) is 11.5. The number of rotatable bonds is 7. The molecule has 7 heteroatoms. The maximum Gasteiger partial charge on any atom is 0.236 e. The first kappa shape index (κ1) is 15.7. The van der Waals surface area contributed by atoms with Crippen LogP contribution < -0.4 is 16.0 Å². The predicted octanol–water partition coefficient (Wildman–Crippen LogP) is 1.62. The summed E-state index contributed by atoms with van der Waals surface area (Å²) in [6.45, 7) is 7.74. The molecule has 0 saturated heterocycles. The second kappa shape index (κ2) is 7.28. The Hall–Kier alpha value is -1.37. The van der Waals surface area contributed by atoms with E-state index >= 15 is 0 Å². The molecule has 1 aromatic rings. The largest absolute Gasteiger partial charge is 0.369 e. The van der Waals surface area contributed by atoms with Gasteiger partial charge in [0.25, 0.3) is 0 Å². The first-order valence-corrected chi connectivity index (χ1v) is 7.02. The van der Waals surface area contributed by atoms with Gasteiger partial charge in [-0.3, -0.25) is 4.79 Å². The van der Waals surface area contributed by atoms with Crippen molar-refractivity contribution in [3.8, 4) is 0 Å². The van der Waals surface area contributed by atoms with Gasteiger partial charge in [0, 0.05) is 13.1 Å². The lowest BCUT2D eigenvalue weighted by atomic mass is 10.2. The number of amides is 1. The Labute approximate surface area is 121 Å². The predicted molar refractivity (Wildman–Crippen MR) is 80.1 cm³/mol. The quantitative estimate of drug-likeness (QED) is 0.794. The molecule has 0 aliphatic rings. The molecule has 0 aliphatic carbocycles. The number of nitrogens with one attached hydrogen (secondary N) is 1. The number of primary amides is 1. The van der Waals surface area contributed by atoms with Gasteiger partial charge in [0.2, 0.25) is 5.91 Å². The van der Waals surface area contributed by atoms with E-state index in [0.717, 1.165) is 11.0 Å². The van der Waals surface area contributed by atoms with Gasteiger partial charge < -0.3 is 16.0 Å². The van der Waals surface area contributed by atoms with Crippen molar-refractivity contribution < 1.29 is 4.79 Å². The Morgan fingerprint density at radius 2 is 2.21 bits per heavy atom. The van der Waals surface area contributed by atoms with Crippen molar-refractivity contribution in [2.75, 3.05) is 29.9 Å². The molecule has 1 aromatic heterocycles. The third-order valence-corrected chi connectivity index (χ3v) is 3.08. The Kier molecular flexibility index (Phi) is 6.01. The molecule has 6 nitrogen and oxygen atoms in total. The second-order valence-corrected chi connectivity index (χ2v) is 5.42. The smallest absolute Gasteiger partial charge is 0.236 e. The summed E-state index contributed by atoms with van der Waals surface area (Å²) in [5.41, 5.74) is 5.30. The fourth-order valence-electron chi connectivity index (χ4n) is 1.73. The van der Waals surface area contributed by atoms with Gasteiger partial charge in [-0.1, -0.05) is 13.8 Å². The van der Waals surface area contributed by atoms with Crippen LogP contribution in [0.2, 0.25) is 0 Å². The van der Waals surface area contributed by atoms with Crippen LogP contribution in [-0.2, 0) is 4.79 Å². The molecule has 0 radical (unpaired) electrons. The molecule has 0 spiro atoms. The number of halogens is 1. The average Bonchev–Trinajstić information content (AvgIpc) is 2.30. The summed E-state index contributed by atoms with van der Waals surface area (Å²) in [6, 6.07) is 0. The van der Waals surface area contributed by atoms with Crippen molar-refractivity contribution in [2.45, 2.75) is 20.8 Å². The van der Waals surface area contributed by atoms with Crippen LogP contribution in [0.25, 0.3) is 0 Å². The number of hydrogen-bond donors (Lipinski definition) is 2. The van der Waals surface area contributed by atoms with E-state index in [-0.39, 0.29) is 12.5 Å². The van der Waals surface area contributed by atoms with Crippen LogP contribution in [0.3, 0.4) is 0 Å². The summed E-state index contributed by atoms with van der Waals surface area (Å²) in [6.07, 6.45) is 1.48. The molecule has 0 aromatic carbocycles. The topological polar surface area (TPSA) is 84.1 Å². The Bertz CT molecular complexity index is 438. The lowest BCUT2D eigenvalue weighted by molar-refractivity contribution is -0.116. The van der Waals surface area contributed by atoms with Crippen molar-refractivity contribution in [2.24, 2.45) is 11.7 Å². The summed E-state index contributed by atoms with van der Waals surface area (Å²) >= 11 is 3.48. The summed E-state index contributed by atoms with van der Waals surface area (Å²) in [7, 11) is 0. The monoisotopic (exact) mass is 329 g/mol. The van der Waals surface area contributed by atoms with Crippen LogP contribution in [0.15, 0.2) is 10.8 Å².